The number of ether oxygens (including phenoxy) is 1. The summed E-state index contributed by atoms with van der Waals surface area (Å²) in [4.78, 5) is 0. The lowest BCUT2D eigenvalue weighted by atomic mass is 9.86. The first-order valence-electron chi connectivity index (χ1n) is 7.20. The number of benzene rings is 2. The van der Waals surface area contributed by atoms with Gasteiger partial charge in [0.25, 0.3) is 0 Å². The first-order chi connectivity index (χ1) is 9.65. The van der Waals surface area contributed by atoms with Crippen molar-refractivity contribution in [2.75, 3.05) is 0 Å². The average molecular weight is 266 g/mol. The van der Waals surface area contributed by atoms with Gasteiger partial charge in [-0.25, -0.2) is 0 Å². The topological polar surface area (TPSA) is 29.5 Å². The molecule has 0 aromatic heterocycles. The van der Waals surface area contributed by atoms with Gasteiger partial charge in [-0.3, -0.25) is 0 Å². The maximum Gasteiger partial charge on any atom is 0.126 e. The van der Waals surface area contributed by atoms with Crippen LogP contribution in [0, 0.1) is 6.92 Å². The van der Waals surface area contributed by atoms with Gasteiger partial charge in [-0.2, -0.15) is 0 Å². The van der Waals surface area contributed by atoms with E-state index in [0.29, 0.717) is 6.42 Å². The second kappa shape index (κ2) is 4.10. The fourth-order valence-corrected chi connectivity index (χ4v) is 3.63. The second-order valence-corrected chi connectivity index (χ2v) is 6.17. The molecule has 1 heterocycles. The Morgan fingerprint density at radius 1 is 1.10 bits per heavy atom. The van der Waals surface area contributed by atoms with E-state index in [-0.39, 0.29) is 5.60 Å². The van der Waals surface area contributed by atoms with Crippen molar-refractivity contribution < 1.29 is 9.84 Å². The monoisotopic (exact) mass is 266 g/mol. The Balaban J connectivity index is 1.73. The molecule has 1 aliphatic carbocycles. The molecule has 0 bridgehead atoms. The van der Waals surface area contributed by atoms with Crippen LogP contribution in [0.3, 0.4) is 0 Å². The highest BCUT2D eigenvalue weighted by molar-refractivity contribution is 5.44. The smallest absolute Gasteiger partial charge is 0.126 e. The summed E-state index contributed by atoms with van der Waals surface area (Å²) in [5.41, 5.74) is 4.56. The molecule has 20 heavy (non-hydrogen) atoms. The first kappa shape index (κ1) is 12.0. The molecule has 0 amide bonds. The van der Waals surface area contributed by atoms with Gasteiger partial charge in [-0.05, 0) is 30.2 Å². The quantitative estimate of drug-likeness (QED) is 0.792. The summed E-state index contributed by atoms with van der Waals surface area (Å²) in [5, 5.41) is 10.5. The predicted molar refractivity (Wildman–Crippen MR) is 78.0 cm³/mol. The van der Waals surface area contributed by atoms with Gasteiger partial charge in [0.2, 0.25) is 0 Å². The van der Waals surface area contributed by atoms with Crippen molar-refractivity contribution in [1.29, 1.82) is 0 Å². The van der Waals surface area contributed by atoms with Gasteiger partial charge in [0.05, 0.1) is 6.10 Å². The molecule has 2 nitrogen and oxygen atoms in total. The molecule has 2 aromatic rings. The number of hydrogen-bond acceptors (Lipinski definition) is 2. The summed E-state index contributed by atoms with van der Waals surface area (Å²) in [5.74, 6) is 0.849. The predicted octanol–water partition coefficient (Wildman–Crippen LogP) is 3.35. The molecular weight excluding hydrogens is 248 g/mol. The molecule has 1 atom stereocenters. The minimum Gasteiger partial charge on any atom is -0.486 e. The molecule has 102 valence electrons. The number of aliphatic hydroxyl groups is 1. The Bertz CT molecular complexity index is 650. The molecule has 0 fully saturated rings. The van der Waals surface area contributed by atoms with Crippen LogP contribution in [0.1, 0.15) is 34.8 Å². The Labute approximate surface area is 119 Å². The van der Waals surface area contributed by atoms with E-state index < -0.39 is 6.10 Å². The summed E-state index contributed by atoms with van der Waals surface area (Å²) in [6.45, 7) is 2.04. The van der Waals surface area contributed by atoms with E-state index in [1.54, 1.807) is 0 Å². The molecule has 0 saturated heterocycles. The summed E-state index contributed by atoms with van der Waals surface area (Å²) in [7, 11) is 0. The first-order valence-corrected chi connectivity index (χ1v) is 7.20. The molecule has 2 aromatic carbocycles. The van der Waals surface area contributed by atoms with Crippen molar-refractivity contribution in [3.8, 4) is 5.75 Å². The van der Waals surface area contributed by atoms with Gasteiger partial charge in [0, 0.05) is 24.8 Å². The molecule has 1 spiro atoms. The van der Waals surface area contributed by atoms with E-state index in [1.165, 1.54) is 11.1 Å². The van der Waals surface area contributed by atoms with Crippen molar-refractivity contribution in [1.82, 2.24) is 0 Å². The summed E-state index contributed by atoms with van der Waals surface area (Å²) in [6, 6.07) is 14.6. The molecule has 0 radical (unpaired) electrons. The van der Waals surface area contributed by atoms with E-state index in [0.717, 1.165) is 29.7 Å². The van der Waals surface area contributed by atoms with Crippen LogP contribution in [-0.4, -0.2) is 10.7 Å². The highest BCUT2D eigenvalue weighted by atomic mass is 16.5. The van der Waals surface area contributed by atoms with Crippen LogP contribution >= 0.6 is 0 Å². The van der Waals surface area contributed by atoms with Crippen LogP contribution < -0.4 is 4.74 Å². The number of fused-ring (bicyclic) bond motifs is 2. The van der Waals surface area contributed by atoms with Gasteiger partial charge >= 0.3 is 0 Å². The molecule has 2 heteroatoms. The second-order valence-electron chi connectivity index (χ2n) is 6.17. The molecule has 2 aliphatic rings. The van der Waals surface area contributed by atoms with Gasteiger partial charge < -0.3 is 9.84 Å². The maximum absolute atomic E-state index is 10.5. The van der Waals surface area contributed by atoms with E-state index in [4.69, 9.17) is 4.74 Å². The lowest BCUT2D eigenvalue weighted by Gasteiger charge is -2.38. The largest absolute Gasteiger partial charge is 0.486 e. The third kappa shape index (κ3) is 1.75. The number of hydrogen-bond donors (Lipinski definition) is 1. The zero-order chi connectivity index (χ0) is 13.7. The molecule has 1 N–H and O–H groups in total. The standard InChI is InChI=1S/C18H18O2/c1-12-6-7-17-15(8-12)16(19)11-18(20-17)9-13-4-2-3-5-14(13)10-18/h2-8,16,19H,9-11H2,1H3/t16-/m1/s1. The lowest BCUT2D eigenvalue weighted by Crippen LogP contribution is -2.42. The molecular formula is C18H18O2. The van der Waals surface area contributed by atoms with Crippen LogP contribution in [0.25, 0.3) is 0 Å². The molecule has 4 rings (SSSR count). The molecule has 1 aliphatic heterocycles. The zero-order valence-electron chi connectivity index (χ0n) is 11.6. The molecule has 0 saturated carbocycles. The van der Waals surface area contributed by atoms with E-state index in [1.807, 2.05) is 25.1 Å². The van der Waals surface area contributed by atoms with E-state index in [9.17, 15) is 5.11 Å². The number of rotatable bonds is 0. The number of aliphatic hydroxyl groups excluding tert-OH is 1. The Morgan fingerprint density at radius 2 is 1.80 bits per heavy atom. The minimum absolute atomic E-state index is 0.259. The van der Waals surface area contributed by atoms with Crippen molar-refractivity contribution in [3.63, 3.8) is 0 Å². The van der Waals surface area contributed by atoms with Crippen LogP contribution in [0.4, 0.5) is 0 Å². The Hall–Kier alpha value is -1.80. The average Bonchev–Trinajstić information content (AvgIpc) is 2.77. The van der Waals surface area contributed by atoms with Crippen molar-refractivity contribution >= 4 is 0 Å². The Morgan fingerprint density at radius 3 is 2.50 bits per heavy atom. The summed E-state index contributed by atoms with van der Waals surface area (Å²) < 4.78 is 6.33. The third-order valence-electron chi connectivity index (χ3n) is 4.56. The van der Waals surface area contributed by atoms with Crippen molar-refractivity contribution in [3.05, 3.63) is 64.7 Å². The molecule has 0 unspecified atom stereocenters. The van der Waals surface area contributed by atoms with E-state index >= 15 is 0 Å². The van der Waals surface area contributed by atoms with Crippen LogP contribution in [0.2, 0.25) is 0 Å². The highest BCUT2D eigenvalue weighted by Crippen LogP contribution is 2.46. The van der Waals surface area contributed by atoms with Crippen LogP contribution in [-0.2, 0) is 12.8 Å². The van der Waals surface area contributed by atoms with Crippen molar-refractivity contribution in [2.45, 2.75) is 37.9 Å². The highest BCUT2D eigenvalue weighted by Gasteiger charge is 2.44. The third-order valence-corrected chi connectivity index (χ3v) is 4.56. The van der Waals surface area contributed by atoms with Crippen molar-refractivity contribution in [2.24, 2.45) is 0 Å². The van der Waals surface area contributed by atoms with Gasteiger partial charge in [0.15, 0.2) is 0 Å². The lowest BCUT2D eigenvalue weighted by molar-refractivity contribution is -0.00708. The van der Waals surface area contributed by atoms with E-state index in [2.05, 4.69) is 24.3 Å². The summed E-state index contributed by atoms with van der Waals surface area (Å²) >= 11 is 0. The SMILES string of the molecule is Cc1ccc2c(c1)[C@H](O)CC1(Cc3ccccc3C1)O2. The minimum atomic E-state index is -0.423. The van der Waals surface area contributed by atoms with Crippen LogP contribution in [0.5, 0.6) is 5.75 Å². The Kier molecular flexibility index (Phi) is 2.45. The van der Waals surface area contributed by atoms with Crippen LogP contribution in [0.15, 0.2) is 42.5 Å². The van der Waals surface area contributed by atoms with Gasteiger partial charge in [0.1, 0.15) is 11.4 Å². The zero-order valence-corrected chi connectivity index (χ0v) is 11.6. The summed E-state index contributed by atoms with van der Waals surface area (Å²) in [6.07, 6.45) is 2.05. The fraction of sp³-hybridized carbons (Fsp3) is 0.333. The van der Waals surface area contributed by atoms with Gasteiger partial charge in [-0.15, -0.1) is 0 Å². The fourth-order valence-electron chi connectivity index (χ4n) is 3.63. The maximum atomic E-state index is 10.5. The van der Waals surface area contributed by atoms with Gasteiger partial charge in [-0.1, -0.05) is 35.9 Å². The normalized spacial score (nSPS) is 22.2. The number of aryl methyl sites for hydroxylation is 1.